The number of halogens is 1. The van der Waals surface area contributed by atoms with Gasteiger partial charge in [0.05, 0.1) is 22.5 Å². The Morgan fingerprint density at radius 2 is 1.70 bits per heavy atom. The zero-order valence-corrected chi connectivity index (χ0v) is 21.0. The lowest BCUT2D eigenvalue weighted by atomic mass is 9.76. The van der Waals surface area contributed by atoms with Gasteiger partial charge in [0.15, 0.2) is 0 Å². The highest BCUT2D eigenvalue weighted by Gasteiger charge is 2.70. The Kier molecular flexibility index (Phi) is 5.58. The molecule has 3 heterocycles. The molecule has 3 aliphatic heterocycles. The van der Waals surface area contributed by atoms with Gasteiger partial charge in [-0.25, -0.2) is 0 Å². The van der Waals surface area contributed by atoms with Crippen molar-refractivity contribution in [3.05, 3.63) is 94.0 Å². The second kappa shape index (κ2) is 8.71. The third-order valence-corrected chi connectivity index (χ3v) is 8.17. The summed E-state index contributed by atoms with van der Waals surface area (Å²) in [5, 5.41) is 16.4. The van der Waals surface area contributed by atoms with E-state index in [1.54, 1.807) is 30.3 Å². The highest BCUT2D eigenvalue weighted by Crippen LogP contribution is 2.54. The molecule has 0 bridgehead atoms. The molecule has 3 N–H and O–H groups in total. The Morgan fingerprint density at radius 3 is 2.43 bits per heavy atom. The van der Waals surface area contributed by atoms with Crippen molar-refractivity contribution in [2.45, 2.75) is 31.3 Å². The first-order valence-corrected chi connectivity index (χ1v) is 12.7. The molecule has 37 heavy (non-hydrogen) atoms. The average molecular weight is 516 g/mol. The second-order valence-corrected chi connectivity index (χ2v) is 10.5. The van der Waals surface area contributed by atoms with Crippen LogP contribution in [0.4, 0.5) is 5.69 Å². The summed E-state index contributed by atoms with van der Waals surface area (Å²) >= 11 is 6.51. The normalized spacial score (nSPS) is 26.1. The van der Waals surface area contributed by atoms with E-state index in [9.17, 15) is 19.5 Å². The van der Waals surface area contributed by atoms with Gasteiger partial charge in [0.25, 0.3) is 0 Å². The number of rotatable bonds is 5. The quantitative estimate of drug-likeness (QED) is 0.451. The molecule has 188 valence electrons. The second-order valence-electron chi connectivity index (χ2n) is 10.1. The van der Waals surface area contributed by atoms with Crippen LogP contribution in [0.25, 0.3) is 0 Å². The molecule has 0 saturated carbocycles. The van der Waals surface area contributed by atoms with E-state index in [0.29, 0.717) is 29.1 Å². The topological polar surface area (TPSA) is 98.7 Å². The molecule has 7 nitrogen and oxygen atoms in total. The summed E-state index contributed by atoms with van der Waals surface area (Å²) in [7, 11) is 0. The third kappa shape index (κ3) is 3.64. The van der Waals surface area contributed by atoms with Crippen LogP contribution in [0, 0.1) is 18.8 Å². The molecular formula is C29H26ClN3O4. The predicted molar refractivity (Wildman–Crippen MR) is 139 cm³/mol. The number of nitrogens with zero attached hydrogens (tertiary/aromatic N) is 1. The lowest BCUT2D eigenvalue weighted by Crippen LogP contribution is -2.53. The van der Waals surface area contributed by atoms with Crippen LogP contribution in [0.3, 0.4) is 0 Å². The van der Waals surface area contributed by atoms with Gasteiger partial charge >= 0.3 is 0 Å². The summed E-state index contributed by atoms with van der Waals surface area (Å²) < 4.78 is 0. The van der Waals surface area contributed by atoms with Crippen LogP contribution in [0.15, 0.2) is 66.7 Å². The lowest BCUT2D eigenvalue weighted by Gasteiger charge is -2.30. The van der Waals surface area contributed by atoms with Crippen molar-refractivity contribution in [3.8, 4) is 5.75 Å². The fraction of sp³-hybridized carbons (Fsp3) is 0.276. The number of carbonyl (C=O) groups is 3. The van der Waals surface area contributed by atoms with Crippen molar-refractivity contribution in [2.24, 2.45) is 11.8 Å². The largest absolute Gasteiger partial charge is 0.508 e. The van der Waals surface area contributed by atoms with Crippen LogP contribution in [0.1, 0.15) is 22.3 Å². The number of nitrogens with one attached hydrogen (secondary N) is 2. The number of amides is 3. The Balaban J connectivity index is 1.42. The Morgan fingerprint density at radius 1 is 0.973 bits per heavy atom. The number of phenolic OH excluding ortho intramolecular Hbond substituents is 1. The highest BCUT2D eigenvalue weighted by molar-refractivity contribution is 6.35. The number of anilines is 1. The Bertz CT molecular complexity index is 1430. The van der Waals surface area contributed by atoms with E-state index in [-0.39, 0.29) is 30.0 Å². The smallest absolute Gasteiger partial charge is 0.250 e. The molecule has 8 heteroatoms. The first-order chi connectivity index (χ1) is 17.8. The lowest BCUT2D eigenvalue weighted by molar-refractivity contribution is -0.142. The maximum absolute atomic E-state index is 14.0. The molecule has 0 aromatic heterocycles. The molecule has 2 unspecified atom stereocenters. The highest BCUT2D eigenvalue weighted by atomic mass is 35.5. The fourth-order valence-corrected chi connectivity index (χ4v) is 6.54. The van der Waals surface area contributed by atoms with E-state index in [1.807, 2.05) is 43.3 Å². The van der Waals surface area contributed by atoms with Crippen LogP contribution in [-0.4, -0.2) is 40.3 Å². The number of likely N-dealkylation sites (tertiary alicyclic amines) is 1. The van der Waals surface area contributed by atoms with Crippen molar-refractivity contribution in [1.29, 1.82) is 0 Å². The van der Waals surface area contributed by atoms with E-state index < -0.39 is 23.4 Å². The van der Waals surface area contributed by atoms with Crippen LogP contribution in [-0.2, 0) is 32.8 Å². The minimum Gasteiger partial charge on any atom is -0.508 e. The molecule has 6 rings (SSSR count). The summed E-state index contributed by atoms with van der Waals surface area (Å²) in [6, 6.07) is 19.6. The number of hydrogen-bond acceptors (Lipinski definition) is 5. The summed E-state index contributed by atoms with van der Waals surface area (Å²) in [5.41, 5.74) is 2.46. The number of aryl methyl sites for hydroxylation is 1. The van der Waals surface area contributed by atoms with Crippen molar-refractivity contribution in [1.82, 2.24) is 10.2 Å². The van der Waals surface area contributed by atoms with Crippen molar-refractivity contribution < 1.29 is 19.5 Å². The van der Waals surface area contributed by atoms with Gasteiger partial charge in [0.2, 0.25) is 17.7 Å². The summed E-state index contributed by atoms with van der Waals surface area (Å²) in [4.78, 5) is 42.8. The van der Waals surface area contributed by atoms with Gasteiger partial charge in [-0.2, -0.15) is 0 Å². The number of phenols is 1. The Hall–Kier alpha value is -3.68. The van der Waals surface area contributed by atoms with Gasteiger partial charge < -0.3 is 10.4 Å². The maximum Gasteiger partial charge on any atom is 0.250 e. The fourth-order valence-electron chi connectivity index (χ4n) is 6.22. The molecule has 1 spiro atoms. The number of imide groups is 1. The van der Waals surface area contributed by atoms with Crippen LogP contribution < -0.4 is 10.6 Å². The zero-order valence-electron chi connectivity index (χ0n) is 20.2. The maximum atomic E-state index is 14.0. The standard InChI is InChI=1S/C29H26ClN3O4/c1-16-13-20-25(21(30)14-16)31-28(37)29(20)24-23(22(32-29)15-18-7-9-19(34)10-8-18)26(35)33(27(24)36)12-11-17-5-3-2-4-6-17/h2-10,13-14,22-24,32,34H,11-12,15H2,1H3,(H,31,37)/t22?,23-,24+,29?/m1/s1. The average Bonchev–Trinajstić information content (AvgIpc) is 3.45. The predicted octanol–water partition coefficient (Wildman–Crippen LogP) is 3.56. The number of fused-ring (bicyclic) bond motifs is 4. The van der Waals surface area contributed by atoms with Crippen LogP contribution in [0.5, 0.6) is 5.75 Å². The van der Waals surface area contributed by atoms with Gasteiger partial charge in [0, 0.05) is 18.2 Å². The first kappa shape index (κ1) is 23.7. The molecule has 0 radical (unpaired) electrons. The van der Waals surface area contributed by atoms with E-state index in [4.69, 9.17) is 11.6 Å². The van der Waals surface area contributed by atoms with E-state index in [1.165, 1.54) is 4.90 Å². The minimum absolute atomic E-state index is 0.144. The van der Waals surface area contributed by atoms with E-state index in [0.717, 1.165) is 16.7 Å². The monoisotopic (exact) mass is 515 g/mol. The SMILES string of the molecule is Cc1cc(Cl)c2c(c1)C1(NC(Cc3ccc(O)cc3)[C@H]3C(=O)N(CCc4ccccc4)C(=O)[C@H]31)C(=O)N2. The molecular weight excluding hydrogens is 490 g/mol. The van der Waals surface area contributed by atoms with Crippen LogP contribution >= 0.6 is 11.6 Å². The number of hydrogen-bond donors (Lipinski definition) is 3. The number of carbonyl (C=O) groups excluding carboxylic acids is 3. The first-order valence-electron chi connectivity index (χ1n) is 12.4. The molecule has 3 aliphatic rings. The molecule has 0 aliphatic carbocycles. The zero-order chi connectivity index (χ0) is 25.9. The number of benzene rings is 3. The molecule has 2 saturated heterocycles. The van der Waals surface area contributed by atoms with Crippen molar-refractivity contribution in [2.75, 3.05) is 11.9 Å². The van der Waals surface area contributed by atoms with Gasteiger partial charge in [-0.05, 0) is 54.7 Å². The minimum atomic E-state index is -1.40. The third-order valence-electron chi connectivity index (χ3n) is 7.87. The van der Waals surface area contributed by atoms with Crippen LogP contribution in [0.2, 0.25) is 5.02 Å². The van der Waals surface area contributed by atoms with Gasteiger partial charge in [0.1, 0.15) is 11.3 Å². The molecule has 4 atom stereocenters. The van der Waals surface area contributed by atoms with Gasteiger partial charge in [-0.3, -0.25) is 24.6 Å². The Labute approximate surface area is 219 Å². The van der Waals surface area contributed by atoms with Gasteiger partial charge in [-0.1, -0.05) is 60.1 Å². The molecule has 3 aromatic rings. The molecule has 2 fully saturated rings. The van der Waals surface area contributed by atoms with Crippen molar-refractivity contribution in [3.63, 3.8) is 0 Å². The molecule has 3 amide bonds. The summed E-state index contributed by atoms with van der Waals surface area (Å²) in [5.74, 6) is -2.44. The van der Waals surface area contributed by atoms with Crippen molar-refractivity contribution >= 4 is 35.0 Å². The van der Waals surface area contributed by atoms with E-state index in [2.05, 4.69) is 10.6 Å². The van der Waals surface area contributed by atoms with E-state index >= 15 is 0 Å². The number of aromatic hydroxyl groups is 1. The molecule has 3 aromatic carbocycles. The summed E-state index contributed by atoms with van der Waals surface area (Å²) in [6.45, 7) is 2.14. The van der Waals surface area contributed by atoms with Gasteiger partial charge in [-0.15, -0.1) is 0 Å². The summed E-state index contributed by atoms with van der Waals surface area (Å²) in [6.07, 6.45) is 0.950.